The van der Waals surface area contributed by atoms with Crippen LogP contribution in [0.1, 0.15) is 57.2 Å². The normalized spacial score (nSPS) is 13.7. The van der Waals surface area contributed by atoms with Gasteiger partial charge >= 0.3 is 6.18 Å². The molecule has 0 aromatic heterocycles. The number of aliphatic imine (C=N–C) groups is 1. The first-order chi connectivity index (χ1) is 10.4. The maximum Gasteiger partial charge on any atom is 0.416 e. The second kappa shape index (κ2) is 7.23. The van der Waals surface area contributed by atoms with Gasteiger partial charge in [0.15, 0.2) is 5.96 Å². The van der Waals surface area contributed by atoms with Crippen LogP contribution in [0.3, 0.4) is 0 Å². The van der Waals surface area contributed by atoms with Gasteiger partial charge in [-0.05, 0) is 54.9 Å². The molecular weight excluding hydrogens is 303 g/mol. The van der Waals surface area contributed by atoms with Gasteiger partial charge in [0.25, 0.3) is 0 Å². The van der Waals surface area contributed by atoms with E-state index in [9.17, 15) is 13.2 Å². The van der Waals surface area contributed by atoms with Crippen LogP contribution < -0.4 is 11.5 Å². The monoisotopic (exact) mass is 329 g/mol. The van der Waals surface area contributed by atoms with Crippen molar-refractivity contribution in [3.8, 4) is 0 Å². The fraction of sp³-hybridized carbons (Fsp3) is 0.588. The van der Waals surface area contributed by atoms with Gasteiger partial charge in [-0.3, -0.25) is 4.99 Å². The smallest absolute Gasteiger partial charge is 0.370 e. The summed E-state index contributed by atoms with van der Waals surface area (Å²) in [5.41, 5.74) is 11.1. The maximum absolute atomic E-state index is 13.1. The summed E-state index contributed by atoms with van der Waals surface area (Å²) < 4.78 is 39.3. The van der Waals surface area contributed by atoms with Gasteiger partial charge in [0.2, 0.25) is 0 Å². The van der Waals surface area contributed by atoms with Gasteiger partial charge in [-0.25, -0.2) is 0 Å². The Morgan fingerprint density at radius 1 is 1.09 bits per heavy atom. The molecule has 0 heterocycles. The molecule has 130 valence electrons. The summed E-state index contributed by atoms with van der Waals surface area (Å²) in [7, 11) is 0. The van der Waals surface area contributed by atoms with Crippen LogP contribution in [-0.2, 0) is 18.0 Å². The van der Waals surface area contributed by atoms with Crippen LogP contribution in [0.4, 0.5) is 13.2 Å². The van der Waals surface area contributed by atoms with Crippen LogP contribution >= 0.6 is 0 Å². The van der Waals surface area contributed by atoms with E-state index in [0.29, 0.717) is 17.5 Å². The van der Waals surface area contributed by atoms with Crippen LogP contribution in [0, 0.1) is 0 Å². The lowest BCUT2D eigenvalue weighted by Crippen LogP contribution is -2.24. The molecule has 1 atom stereocenters. The van der Waals surface area contributed by atoms with Crippen molar-refractivity contribution in [2.24, 2.45) is 16.5 Å². The topological polar surface area (TPSA) is 64.4 Å². The Balaban J connectivity index is 2.92. The van der Waals surface area contributed by atoms with Crippen LogP contribution in [0.25, 0.3) is 0 Å². The van der Waals surface area contributed by atoms with E-state index in [4.69, 9.17) is 11.5 Å². The molecule has 6 heteroatoms. The Hall–Kier alpha value is -1.72. The Morgan fingerprint density at radius 3 is 2.13 bits per heavy atom. The molecule has 0 aliphatic carbocycles. The zero-order valence-corrected chi connectivity index (χ0v) is 14.2. The molecule has 0 bridgehead atoms. The second-order valence-corrected chi connectivity index (χ2v) is 6.96. The third-order valence-corrected chi connectivity index (χ3v) is 3.64. The molecule has 0 aliphatic heterocycles. The molecule has 4 N–H and O–H groups in total. The summed E-state index contributed by atoms with van der Waals surface area (Å²) >= 11 is 0. The highest BCUT2D eigenvalue weighted by molar-refractivity contribution is 5.75. The van der Waals surface area contributed by atoms with Crippen molar-refractivity contribution >= 4 is 5.96 Å². The lowest BCUT2D eigenvalue weighted by Gasteiger charge is -2.22. The minimum Gasteiger partial charge on any atom is -0.370 e. The zero-order valence-electron chi connectivity index (χ0n) is 14.2. The van der Waals surface area contributed by atoms with E-state index in [2.05, 4.69) is 4.99 Å². The van der Waals surface area contributed by atoms with Gasteiger partial charge in [0, 0.05) is 0 Å². The molecular formula is C17H26F3N3. The summed E-state index contributed by atoms with van der Waals surface area (Å²) in [6, 6.07) is 4.31. The summed E-state index contributed by atoms with van der Waals surface area (Å²) in [5, 5.41) is 0. The van der Waals surface area contributed by atoms with Crippen molar-refractivity contribution in [3.63, 3.8) is 0 Å². The third kappa shape index (κ3) is 6.50. The molecule has 0 unspecified atom stereocenters. The number of halogens is 3. The van der Waals surface area contributed by atoms with E-state index in [0.717, 1.165) is 12.8 Å². The summed E-state index contributed by atoms with van der Waals surface area (Å²) in [6.45, 7) is 7.61. The molecule has 0 saturated heterocycles. The Kier molecular flexibility index (Phi) is 6.08. The molecule has 0 radical (unpaired) electrons. The fourth-order valence-electron chi connectivity index (χ4n) is 2.35. The second-order valence-electron chi connectivity index (χ2n) is 6.96. The van der Waals surface area contributed by atoms with E-state index in [1.165, 1.54) is 12.1 Å². The highest BCUT2D eigenvalue weighted by Crippen LogP contribution is 2.34. The average Bonchev–Trinajstić information content (AvgIpc) is 2.35. The van der Waals surface area contributed by atoms with E-state index >= 15 is 0 Å². The fourth-order valence-corrected chi connectivity index (χ4v) is 2.35. The lowest BCUT2D eigenvalue weighted by molar-refractivity contribution is -0.137. The minimum atomic E-state index is -4.33. The van der Waals surface area contributed by atoms with Gasteiger partial charge in [-0.2, -0.15) is 13.2 Å². The quantitative estimate of drug-likeness (QED) is 0.634. The SMILES string of the molecule is C[C@@H](CCCc1cc(C(C)(C)C)cc(C(F)(F)F)c1)N=C(N)N. The van der Waals surface area contributed by atoms with Gasteiger partial charge in [-0.1, -0.05) is 26.8 Å². The predicted molar refractivity (Wildman–Crippen MR) is 88.4 cm³/mol. The largest absolute Gasteiger partial charge is 0.416 e. The number of aryl methyl sites for hydroxylation is 1. The zero-order chi connectivity index (χ0) is 17.8. The number of nitrogens with two attached hydrogens (primary N) is 2. The van der Waals surface area contributed by atoms with Crippen LogP contribution in [0.2, 0.25) is 0 Å². The molecule has 1 aromatic rings. The number of nitrogens with zero attached hydrogens (tertiary/aromatic N) is 1. The number of hydrogen-bond donors (Lipinski definition) is 2. The van der Waals surface area contributed by atoms with Gasteiger partial charge < -0.3 is 11.5 Å². The molecule has 0 amide bonds. The highest BCUT2D eigenvalue weighted by Gasteiger charge is 2.32. The van der Waals surface area contributed by atoms with Crippen LogP contribution in [0.5, 0.6) is 0 Å². The number of benzene rings is 1. The van der Waals surface area contributed by atoms with Gasteiger partial charge in [0.05, 0.1) is 11.6 Å². The van der Waals surface area contributed by atoms with Crippen molar-refractivity contribution in [1.82, 2.24) is 0 Å². The van der Waals surface area contributed by atoms with Crippen molar-refractivity contribution < 1.29 is 13.2 Å². The van der Waals surface area contributed by atoms with E-state index in [1.807, 2.05) is 33.8 Å². The maximum atomic E-state index is 13.1. The Labute approximate surface area is 136 Å². The summed E-state index contributed by atoms with van der Waals surface area (Å²) in [4.78, 5) is 4.01. The van der Waals surface area contributed by atoms with Crippen molar-refractivity contribution in [2.75, 3.05) is 0 Å². The van der Waals surface area contributed by atoms with Crippen LogP contribution in [-0.4, -0.2) is 12.0 Å². The van der Waals surface area contributed by atoms with E-state index in [-0.39, 0.29) is 17.4 Å². The Morgan fingerprint density at radius 2 is 1.65 bits per heavy atom. The van der Waals surface area contributed by atoms with Gasteiger partial charge in [-0.15, -0.1) is 0 Å². The minimum absolute atomic E-state index is 0.0339. The highest BCUT2D eigenvalue weighted by atomic mass is 19.4. The van der Waals surface area contributed by atoms with E-state index < -0.39 is 11.7 Å². The van der Waals surface area contributed by atoms with Crippen molar-refractivity contribution in [3.05, 3.63) is 34.9 Å². The summed E-state index contributed by atoms with van der Waals surface area (Å²) in [6.07, 6.45) is -2.32. The standard InChI is InChI=1S/C17H26F3N3/c1-11(23-15(21)22)6-5-7-12-8-13(16(2,3)4)10-14(9-12)17(18,19)20/h8-11H,5-7H2,1-4H3,(H4,21,22,23)/t11-/m0/s1. The molecule has 3 nitrogen and oxygen atoms in total. The van der Waals surface area contributed by atoms with Crippen molar-refractivity contribution in [2.45, 2.75) is 64.6 Å². The molecule has 0 fully saturated rings. The molecule has 1 aromatic carbocycles. The molecule has 23 heavy (non-hydrogen) atoms. The molecule has 0 spiro atoms. The first-order valence-electron chi connectivity index (χ1n) is 7.70. The van der Waals surface area contributed by atoms with Crippen molar-refractivity contribution in [1.29, 1.82) is 0 Å². The third-order valence-electron chi connectivity index (χ3n) is 3.64. The average molecular weight is 329 g/mol. The predicted octanol–water partition coefficient (Wildman–Crippen LogP) is 3.99. The van der Waals surface area contributed by atoms with E-state index in [1.54, 1.807) is 0 Å². The lowest BCUT2D eigenvalue weighted by atomic mass is 9.84. The number of alkyl halides is 3. The van der Waals surface area contributed by atoms with Gasteiger partial charge in [0.1, 0.15) is 0 Å². The number of guanidine groups is 1. The molecule has 1 rings (SSSR count). The summed E-state index contributed by atoms with van der Waals surface area (Å²) in [5.74, 6) is 0.0339. The van der Waals surface area contributed by atoms with Crippen LogP contribution in [0.15, 0.2) is 23.2 Å². The molecule has 0 aliphatic rings. The number of hydrogen-bond acceptors (Lipinski definition) is 1. The first-order valence-corrected chi connectivity index (χ1v) is 7.70. The first kappa shape index (κ1) is 19.3. The number of rotatable bonds is 5. The molecule has 0 saturated carbocycles. The Bertz CT molecular complexity index is 521.